The number of carbonyl (C=O) groups is 2. The third kappa shape index (κ3) is 5.86. The number of hydrogen-bond acceptors (Lipinski definition) is 6. The molecule has 202 valence electrons. The summed E-state index contributed by atoms with van der Waals surface area (Å²) in [6, 6.07) is 1.80. The first-order valence-electron chi connectivity index (χ1n) is 12.5. The second kappa shape index (κ2) is 10.5. The number of anilines is 2. The van der Waals surface area contributed by atoms with E-state index in [0.717, 1.165) is 17.0 Å². The number of alkyl halides is 2. The van der Waals surface area contributed by atoms with E-state index in [1.807, 2.05) is 11.9 Å². The van der Waals surface area contributed by atoms with E-state index in [9.17, 15) is 9.59 Å². The van der Waals surface area contributed by atoms with Crippen molar-refractivity contribution in [1.82, 2.24) is 20.0 Å². The largest absolute Gasteiger partial charge is 0.397 e. The van der Waals surface area contributed by atoms with Gasteiger partial charge in [-0.25, -0.2) is 8.78 Å². The molecule has 0 saturated carbocycles. The number of hydrogen-bond donors (Lipinski definition) is 3. The van der Waals surface area contributed by atoms with Crippen molar-refractivity contribution in [3.63, 3.8) is 0 Å². The Morgan fingerprint density at radius 3 is 2.43 bits per heavy atom. The Kier molecular flexibility index (Phi) is 7.73. The van der Waals surface area contributed by atoms with E-state index in [-0.39, 0.29) is 29.4 Å². The number of benzene rings is 1. The van der Waals surface area contributed by atoms with Crippen LogP contribution in [-0.4, -0.2) is 85.3 Å². The fourth-order valence-electron chi connectivity index (χ4n) is 5.49. The van der Waals surface area contributed by atoms with Crippen LogP contribution in [0.1, 0.15) is 30.6 Å². The molecule has 3 aliphatic heterocycles. The molecular formula is C26H35BrF2N6O2. The summed E-state index contributed by atoms with van der Waals surface area (Å²) in [5, 5.41) is 5.88. The van der Waals surface area contributed by atoms with Gasteiger partial charge >= 0.3 is 0 Å². The summed E-state index contributed by atoms with van der Waals surface area (Å²) < 4.78 is 31.1. The first-order valence-corrected chi connectivity index (χ1v) is 13.3. The van der Waals surface area contributed by atoms with Crippen molar-refractivity contribution in [2.75, 3.05) is 57.9 Å². The third-order valence-electron chi connectivity index (χ3n) is 7.12. The molecule has 4 N–H and O–H groups in total. The number of halogens is 3. The summed E-state index contributed by atoms with van der Waals surface area (Å²) in [6.07, 6.45) is 4.38. The number of likely N-dealkylation sites (tertiary alicyclic amines) is 2. The summed E-state index contributed by atoms with van der Waals surface area (Å²) in [6.45, 7) is 5.05. The smallest absolute Gasteiger partial charge is 0.286 e. The molecule has 8 nitrogen and oxygen atoms in total. The van der Waals surface area contributed by atoms with Crippen LogP contribution < -0.4 is 16.4 Å². The van der Waals surface area contributed by atoms with Crippen LogP contribution in [0.3, 0.4) is 0 Å². The van der Waals surface area contributed by atoms with Crippen LogP contribution in [-0.2, 0) is 4.79 Å². The van der Waals surface area contributed by atoms with Crippen LogP contribution in [0.25, 0.3) is 0 Å². The average molecular weight is 582 g/mol. The van der Waals surface area contributed by atoms with E-state index in [4.69, 9.17) is 5.73 Å². The van der Waals surface area contributed by atoms with Crippen molar-refractivity contribution in [3.8, 4) is 0 Å². The number of nitrogens with two attached hydrogens (primary N) is 1. The zero-order valence-electron chi connectivity index (χ0n) is 21.7. The van der Waals surface area contributed by atoms with Gasteiger partial charge in [0.15, 0.2) is 0 Å². The molecule has 3 aliphatic rings. The van der Waals surface area contributed by atoms with Gasteiger partial charge in [-0.15, -0.1) is 0 Å². The molecule has 1 aromatic rings. The molecule has 0 aromatic heterocycles. The fourth-order valence-corrected chi connectivity index (χ4v) is 5.97. The molecule has 4 rings (SSSR count). The number of piperidine rings is 1. The van der Waals surface area contributed by atoms with Gasteiger partial charge in [0.2, 0.25) is 0 Å². The Morgan fingerprint density at radius 2 is 1.78 bits per heavy atom. The molecular weight excluding hydrogens is 546 g/mol. The maximum absolute atomic E-state index is 15.2. The van der Waals surface area contributed by atoms with Crippen molar-refractivity contribution in [1.29, 1.82) is 0 Å². The summed E-state index contributed by atoms with van der Waals surface area (Å²) in [4.78, 5) is 31.5. The topological polar surface area (TPSA) is 93.9 Å². The number of rotatable bonds is 5. The molecule has 2 fully saturated rings. The highest BCUT2D eigenvalue weighted by atomic mass is 79.9. The minimum absolute atomic E-state index is 0.173. The molecule has 0 aliphatic carbocycles. The summed E-state index contributed by atoms with van der Waals surface area (Å²) >= 11 is 3.39. The number of likely N-dealkylation sites (N-methyl/N-ethyl adjacent to an activating group) is 2. The highest BCUT2D eigenvalue weighted by molar-refractivity contribution is 9.10. The van der Waals surface area contributed by atoms with Gasteiger partial charge in [-0.05, 0) is 36.5 Å². The van der Waals surface area contributed by atoms with E-state index in [1.54, 1.807) is 36.4 Å². The number of nitrogen functional groups attached to an aromatic ring is 1. The molecule has 37 heavy (non-hydrogen) atoms. The van der Waals surface area contributed by atoms with Gasteiger partial charge in [-0.1, -0.05) is 29.8 Å². The number of nitrogens with zero attached hydrogens (tertiary/aromatic N) is 3. The van der Waals surface area contributed by atoms with E-state index < -0.39 is 24.4 Å². The molecule has 3 heterocycles. The Bertz CT molecular complexity index is 1130. The standard InChI is InChI=1S/C26H35BrF2N6O2/c1-15-5-16(2)10-34(9-15)25(37)20-7-18(27)8-21(30)23(20)32-22-13-35(14-26(22,28)29)24(36)17-6-19(31-3)12-33(4)11-17/h6-8,11,15-16,22,31-32H,5,9-10,12-14,30H2,1-4H3/t15-,16+,22-/m0/s1. The zero-order valence-corrected chi connectivity index (χ0v) is 23.2. The predicted octanol–water partition coefficient (Wildman–Crippen LogP) is 3.34. The zero-order chi connectivity index (χ0) is 27.1. The van der Waals surface area contributed by atoms with E-state index in [2.05, 4.69) is 40.4 Å². The molecule has 0 spiro atoms. The van der Waals surface area contributed by atoms with Gasteiger partial charge in [-0.3, -0.25) is 9.59 Å². The minimum Gasteiger partial charge on any atom is -0.397 e. The lowest BCUT2D eigenvalue weighted by atomic mass is 9.91. The van der Waals surface area contributed by atoms with Crippen LogP contribution in [0.2, 0.25) is 0 Å². The van der Waals surface area contributed by atoms with E-state index >= 15 is 8.78 Å². The van der Waals surface area contributed by atoms with Crippen molar-refractivity contribution >= 4 is 39.1 Å². The monoisotopic (exact) mass is 580 g/mol. The summed E-state index contributed by atoms with van der Waals surface area (Å²) in [7, 11) is 3.57. The van der Waals surface area contributed by atoms with Crippen molar-refractivity contribution in [3.05, 3.63) is 45.7 Å². The highest BCUT2D eigenvalue weighted by Crippen LogP contribution is 2.36. The Labute approximate surface area is 225 Å². The van der Waals surface area contributed by atoms with E-state index in [0.29, 0.717) is 41.5 Å². The maximum atomic E-state index is 15.2. The van der Waals surface area contributed by atoms with Crippen molar-refractivity contribution in [2.24, 2.45) is 11.8 Å². The summed E-state index contributed by atoms with van der Waals surface area (Å²) in [5.41, 5.74) is 8.01. The van der Waals surface area contributed by atoms with Gasteiger partial charge in [-0.2, -0.15) is 0 Å². The second-order valence-electron chi connectivity index (χ2n) is 10.6. The molecule has 3 atom stereocenters. The maximum Gasteiger partial charge on any atom is 0.286 e. The fraction of sp³-hybridized carbons (Fsp3) is 0.538. The lowest BCUT2D eigenvalue weighted by Gasteiger charge is -2.35. The molecule has 2 amide bonds. The van der Waals surface area contributed by atoms with Crippen LogP contribution in [0.15, 0.2) is 40.2 Å². The normalized spacial score (nSPS) is 25.5. The number of carbonyl (C=O) groups excluding carboxylic acids is 2. The molecule has 11 heteroatoms. The SMILES string of the molecule is CNC1=CC(C(=O)N2C[C@H](Nc3c(N)cc(Br)cc3C(=O)N3C[C@H](C)C[C@H](C)C3)C(F)(F)C2)=CN(C)C1. The average Bonchev–Trinajstić information content (AvgIpc) is 3.12. The van der Waals surface area contributed by atoms with Gasteiger partial charge < -0.3 is 31.1 Å². The predicted molar refractivity (Wildman–Crippen MR) is 144 cm³/mol. The van der Waals surface area contributed by atoms with Gasteiger partial charge in [0.25, 0.3) is 17.7 Å². The van der Waals surface area contributed by atoms with Gasteiger partial charge in [0.1, 0.15) is 6.04 Å². The highest BCUT2D eigenvalue weighted by Gasteiger charge is 2.50. The Morgan fingerprint density at radius 1 is 1.11 bits per heavy atom. The van der Waals surface area contributed by atoms with Gasteiger partial charge in [0, 0.05) is 50.1 Å². The first kappa shape index (κ1) is 27.2. The van der Waals surface area contributed by atoms with E-state index in [1.165, 1.54) is 0 Å². The first-order chi connectivity index (χ1) is 17.4. The molecule has 2 saturated heterocycles. The minimum atomic E-state index is -3.22. The lowest BCUT2D eigenvalue weighted by Crippen LogP contribution is -2.43. The molecule has 0 radical (unpaired) electrons. The van der Waals surface area contributed by atoms with Crippen LogP contribution >= 0.6 is 15.9 Å². The molecule has 0 bridgehead atoms. The Balaban J connectivity index is 1.58. The molecule has 1 aromatic carbocycles. The quantitative estimate of drug-likeness (QED) is 0.462. The van der Waals surface area contributed by atoms with Crippen LogP contribution in [0, 0.1) is 11.8 Å². The van der Waals surface area contributed by atoms with Crippen LogP contribution in [0.5, 0.6) is 0 Å². The number of nitrogens with one attached hydrogen (secondary N) is 2. The number of amides is 2. The summed E-state index contributed by atoms with van der Waals surface area (Å²) in [5.74, 6) is -3.25. The van der Waals surface area contributed by atoms with Crippen LogP contribution in [0.4, 0.5) is 20.2 Å². The van der Waals surface area contributed by atoms with Crippen molar-refractivity contribution in [2.45, 2.75) is 32.2 Å². The Hall–Kier alpha value is -2.82. The molecule has 0 unspecified atom stereocenters. The third-order valence-corrected chi connectivity index (χ3v) is 7.58. The second-order valence-corrected chi connectivity index (χ2v) is 11.6. The van der Waals surface area contributed by atoms with Gasteiger partial charge in [0.05, 0.1) is 35.6 Å². The lowest BCUT2D eigenvalue weighted by molar-refractivity contribution is -0.127. The van der Waals surface area contributed by atoms with Crippen molar-refractivity contribution < 1.29 is 18.4 Å².